The standard InChI is InChI=1S/C13H19N3O3/c1-7(2)9(13(18)19)6-16-12-10(11(14)17)8(3)4-5-15-12/h4-5,7,9H,6H2,1-3H3,(H2,14,17)(H,15,16)(H,18,19). The Morgan fingerprint density at radius 2 is 2.11 bits per heavy atom. The van der Waals surface area contributed by atoms with Crippen molar-refractivity contribution in [3.05, 3.63) is 23.4 Å². The van der Waals surface area contributed by atoms with Crippen molar-refractivity contribution in [3.63, 3.8) is 0 Å². The fraction of sp³-hybridized carbons (Fsp3) is 0.462. The molecule has 104 valence electrons. The van der Waals surface area contributed by atoms with Crippen molar-refractivity contribution in [2.45, 2.75) is 20.8 Å². The number of nitrogens with zero attached hydrogens (tertiary/aromatic N) is 1. The van der Waals surface area contributed by atoms with Gasteiger partial charge in [0, 0.05) is 12.7 Å². The van der Waals surface area contributed by atoms with Gasteiger partial charge >= 0.3 is 5.97 Å². The second kappa shape index (κ2) is 6.17. The molecule has 1 heterocycles. The lowest BCUT2D eigenvalue weighted by molar-refractivity contribution is -0.142. The number of carbonyl (C=O) groups is 2. The minimum absolute atomic E-state index is 0.0214. The molecule has 0 aliphatic rings. The average molecular weight is 265 g/mol. The number of primary amides is 1. The summed E-state index contributed by atoms with van der Waals surface area (Å²) in [5.41, 5.74) is 6.32. The Morgan fingerprint density at radius 1 is 1.47 bits per heavy atom. The number of nitrogens with two attached hydrogens (primary N) is 1. The van der Waals surface area contributed by atoms with Gasteiger partial charge in [-0.15, -0.1) is 0 Å². The van der Waals surface area contributed by atoms with Crippen LogP contribution in [0.4, 0.5) is 5.82 Å². The predicted octanol–water partition coefficient (Wildman–Crippen LogP) is 1.26. The molecule has 0 bridgehead atoms. The first-order chi connectivity index (χ1) is 8.84. The van der Waals surface area contributed by atoms with E-state index in [2.05, 4.69) is 10.3 Å². The molecular formula is C13H19N3O3. The highest BCUT2D eigenvalue weighted by molar-refractivity contribution is 5.99. The van der Waals surface area contributed by atoms with Crippen LogP contribution in [0.2, 0.25) is 0 Å². The van der Waals surface area contributed by atoms with E-state index in [1.165, 1.54) is 0 Å². The quantitative estimate of drug-likeness (QED) is 0.718. The van der Waals surface area contributed by atoms with Crippen LogP contribution in [-0.4, -0.2) is 28.5 Å². The number of aliphatic carboxylic acids is 1. The van der Waals surface area contributed by atoms with Crippen molar-refractivity contribution in [1.82, 2.24) is 4.98 Å². The summed E-state index contributed by atoms with van der Waals surface area (Å²) in [5.74, 6) is -1.70. The first kappa shape index (κ1) is 14.9. The van der Waals surface area contributed by atoms with Gasteiger partial charge in [-0.25, -0.2) is 4.98 Å². The van der Waals surface area contributed by atoms with Crippen LogP contribution >= 0.6 is 0 Å². The van der Waals surface area contributed by atoms with Gasteiger partial charge in [0.25, 0.3) is 5.91 Å². The lowest BCUT2D eigenvalue weighted by Gasteiger charge is -2.18. The molecule has 1 amide bonds. The van der Waals surface area contributed by atoms with E-state index < -0.39 is 17.8 Å². The summed E-state index contributed by atoms with van der Waals surface area (Å²) >= 11 is 0. The number of anilines is 1. The second-order valence-corrected chi connectivity index (χ2v) is 4.79. The van der Waals surface area contributed by atoms with E-state index in [1.54, 1.807) is 19.2 Å². The molecule has 6 nitrogen and oxygen atoms in total. The Morgan fingerprint density at radius 3 is 2.58 bits per heavy atom. The average Bonchev–Trinajstić information content (AvgIpc) is 2.27. The molecule has 0 radical (unpaired) electrons. The summed E-state index contributed by atoms with van der Waals surface area (Å²) in [4.78, 5) is 26.5. The van der Waals surface area contributed by atoms with Crippen LogP contribution in [0, 0.1) is 18.8 Å². The Labute approximate surface area is 112 Å². The summed E-state index contributed by atoms with van der Waals surface area (Å²) in [7, 11) is 0. The number of hydrogen-bond acceptors (Lipinski definition) is 4. The SMILES string of the molecule is Cc1ccnc(NCC(C(=O)O)C(C)C)c1C(N)=O. The molecular weight excluding hydrogens is 246 g/mol. The number of carbonyl (C=O) groups excluding carboxylic acids is 1. The number of aromatic nitrogens is 1. The zero-order chi connectivity index (χ0) is 14.6. The molecule has 1 atom stereocenters. The molecule has 0 saturated heterocycles. The fourth-order valence-corrected chi connectivity index (χ4v) is 1.82. The van der Waals surface area contributed by atoms with Gasteiger partial charge < -0.3 is 16.2 Å². The number of nitrogens with one attached hydrogen (secondary N) is 1. The number of rotatable bonds is 6. The third-order valence-electron chi connectivity index (χ3n) is 3.02. The maximum Gasteiger partial charge on any atom is 0.308 e. The molecule has 0 aliphatic carbocycles. The zero-order valence-corrected chi connectivity index (χ0v) is 11.3. The van der Waals surface area contributed by atoms with Crippen LogP contribution in [0.15, 0.2) is 12.3 Å². The summed E-state index contributed by atoms with van der Waals surface area (Å²) in [6, 6.07) is 1.68. The van der Waals surface area contributed by atoms with Crippen LogP contribution in [0.3, 0.4) is 0 Å². The topological polar surface area (TPSA) is 105 Å². The Kier molecular flexibility index (Phi) is 4.86. The lowest BCUT2D eigenvalue weighted by Crippen LogP contribution is -2.28. The van der Waals surface area contributed by atoms with E-state index in [0.717, 1.165) is 0 Å². The Hall–Kier alpha value is -2.11. The molecule has 4 N–H and O–H groups in total. The molecule has 0 fully saturated rings. The van der Waals surface area contributed by atoms with Crippen LogP contribution in [0.5, 0.6) is 0 Å². The van der Waals surface area contributed by atoms with E-state index in [-0.39, 0.29) is 12.5 Å². The molecule has 6 heteroatoms. The van der Waals surface area contributed by atoms with Crippen molar-refractivity contribution in [2.24, 2.45) is 17.6 Å². The fourth-order valence-electron chi connectivity index (χ4n) is 1.82. The minimum atomic E-state index is -0.879. The van der Waals surface area contributed by atoms with Gasteiger partial charge in [-0.1, -0.05) is 13.8 Å². The van der Waals surface area contributed by atoms with Gasteiger partial charge in [0.15, 0.2) is 0 Å². The minimum Gasteiger partial charge on any atom is -0.481 e. The maximum atomic E-state index is 11.4. The van der Waals surface area contributed by atoms with E-state index in [9.17, 15) is 9.59 Å². The maximum absolute atomic E-state index is 11.4. The normalized spacial score (nSPS) is 12.2. The summed E-state index contributed by atoms with van der Waals surface area (Å²) in [5, 5.41) is 12.0. The highest BCUT2D eigenvalue weighted by Crippen LogP contribution is 2.18. The molecule has 0 aliphatic heterocycles. The molecule has 0 saturated carbocycles. The van der Waals surface area contributed by atoms with Crippen LogP contribution in [0.25, 0.3) is 0 Å². The smallest absolute Gasteiger partial charge is 0.308 e. The summed E-state index contributed by atoms with van der Waals surface area (Å²) < 4.78 is 0. The second-order valence-electron chi connectivity index (χ2n) is 4.79. The van der Waals surface area contributed by atoms with Gasteiger partial charge in [-0.05, 0) is 24.5 Å². The first-order valence-corrected chi connectivity index (χ1v) is 6.06. The van der Waals surface area contributed by atoms with Gasteiger partial charge in [-0.3, -0.25) is 9.59 Å². The molecule has 19 heavy (non-hydrogen) atoms. The van der Waals surface area contributed by atoms with E-state index >= 15 is 0 Å². The highest BCUT2D eigenvalue weighted by atomic mass is 16.4. The summed E-state index contributed by atoms with van der Waals surface area (Å²) in [6.45, 7) is 5.62. The lowest BCUT2D eigenvalue weighted by atomic mass is 9.96. The predicted molar refractivity (Wildman–Crippen MR) is 71.9 cm³/mol. The van der Waals surface area contributed by atoms with Gasteiger partial charge in [0.05, 0.1) is 11.5 Å². The van der Waals surface area contributed by atoms with E-state index in [0.29, 0.717) is 16.9 Å². The van der Waals surface area contributed by atoms with Crippen LogP contribution in [-0.2, 0) is 4.79 Å². The third kappa shape index (κ3) is 3.67. The van der Waals surface area contributed by atoms with Crippen molar-refractivity contribution in [1.29, 1.82) is 0 Å². The van der Waals surface area contributed by atoms with Gasteiger partial charge in [0.2, 0.25) is 0 Å². The zero-order valence-electron chi connectivity index (χ0n) is 11.3. The molecule has 0 spiro atoms. The highest BCUT2D eigenvalue weighted by Gasteiger charge is 2.22. The Balaban J connectivity index is 2.91. The number of amides is 1. The number of carboxylic acid groups (broad SMARTS) is 1. The Bertz CT molecular complexity index is 486. The molecule has 0 aromatic carbocycles. The van der Waals surface area contributed by atoms with E-state index in [1.807, 2.05) is 13.8 Å². The van der Waals surface area contributed by atoms with Crippen LogP contribution < -0.4 is 11.1 Å². The van der Waals surface area contributed by atoms with Crippen LogP contribution in [0.1, 0.15) is 29.8 Å². The summed E-state index contributed by atoms with van der Waals surface area (Å²) in [6.07, 6.45) is 1.55. The van der Waals surface area contributed by atoms with Crippen molar-refractivity contribution in [3.8, 4) is 0 Å². The molecule has 1 aromatic heterocycles. The number of aryl methyl sites for hydroxylation is 1. The first-order valence-electron chi connectivity index (χ1n) is 6.06. The van der Waals surface area contributed by atoms with Crippen molar-refractivity contribution >= 4 is 17.7 Å². The molecule has 1 unspecified atom stereocenters. The number of carboxylic acids is 1. The number of hydrogen-bond donors (Lipinski definition) is 3. The van der Waals surface area contributed by atoms with E-state index in [4.69, 9.17) is 10.8 Å². The molecule has 1 aromatic rings. The monoisotopic (exact) mass is 265 g/mol. The third-order valence-corrected chi connectivity index (χ3v) is 3.02. The van der Waals surface area contributed by atoms with Gasteiger partial charge in [-0.2, -0.15) is 0 Å². The van der Waals surface area contributed by atoms with Crippen molar-refractivity contribution < 1.29 is 14.7 Å². The molecule has 1 rings (SSSR count). The van der Waals surface area contributed by atoms with Gasteiger partial charge in [0.1, 0.15) is 5.82 Å². The largest absolute Gasteiger partial charge is 0.481 e. The number of pyridine rings is 1. The van der Waals surface area contributed by atoms with Crippen molar-refractivity contribution in [2.75, 3.05) is 11.9 Å².